The number of benzene rings is 5. The van der Waals surface area contributed by atoms with E-state index in [2.05, 4.69) is 106 Å². The predicted octanol–water partition coefficient (Wildman–Crippen LogP) is 10.7. The Morgan fingerprint density at radius 2 is 1.22 bits per heavy atom. The van der Waals surface area contributed by atoms with Crippen molar-refractivity contribution >= 4 is 0 Å². The monoisotopic (exact) mass is 882 g/mol. The minimum Gasteiger partial charge on any atom is -0.373 e. The van der Waals surface area contributed by atoms with Crippen molar-refractivity contribution in [1.29, 1.82) is 0 Å². The zero-order valence-corrected chi connectivity index (χ0v) is 32.3. The fourth-order valence-corrected chi connectivity index (χ4v) is 6.17. The smallest absolute Gasteiger partial charge is 0.373 e. The van der Waals surface area contributed by atoms with Crippen molar-refractivity contribution in [2.45, 2.75) is 25.7 Å². The van der Waals surface area contributed by atoms with Gasteiger partial charge in [-0.25, -0.2) is 0 Å². The van der Waals surface area contributed by atoms with Crippen LogP contribution in [0.1, 0.15) is 22.3 Å². The van der Waals surface area contributed by atoms with E-state index in [1.165, 1.54) is 45.5 Å². The first-order valence-corrected chi connectivity index (χ1v) is 17.7. The summed E-state index contributed by atoms with van der Waals surface area (Å²) in [6.07, 6.45) is 11.2. The Morgan fingerprint density at radius 3 is 1.83 bits per heavy atom. The number of pyridine rings is 2. The fraction of sp³-hybridized carbons (Fsp3) is 0.104. The Morgan fingerprint density at radius 1 is 0.537 bits per heavy atom. The van der Waals surface area contributed by atoms with E-state index in [4.69, 9.17) is 0 Å². The first-order chi connectivity index (χ1) is 26.1. The molecule has 54 heavy (non-hydrogen) atoms. The van der Waals surface area contributed by atoms with Crippen LogP contribution >= 0.6 is 0 Å². The maximum absolute atomic E-state index is 13.2. The van der Waals surface area contributed by atoms with Gasteiger partial charge in [-0.1, -0.05) is 79.2 Å². The van der Waals surface area contributed by atoms with E-state index in [9.17, 15) is 4.39 Å². The van der Waals surface area contributed by atoms with Crippen molar-refractivity contribution in [3.8, 4) is 45.0 Å². The largest absolute Gasteiger partial charge is 3.00 e. The number of halogens is 1. The van der Waals surface area contributed by atoms with Gasteiger partial charge in [0.1, 0.15) is 0 Å². The molecule has 3 heterocycles. The van der Waals surface area contributed by atoms with E-state index >= 15 is 0 Å². The van der Waals surface area contributed by atoms with E-state index in [1.807, 2.05) is 78.7 Å². The number of imidazole rings is 1. The molecule has 0 atom stereocenters. The van der Waals surface area contributed by atoms with Gasteiger partial charge in [0.2, 0.25) is 0 Å². The minimum atomic E-state index is -0.292. The SMILES string of the molecule is Cn1ccnc1-c1[c-]cccc1.Fc1c[c-]c(-c2ccc(CCc3cc(CCc4c[c-]c(-c5ccccn5)cc4)cc(-c4ccccc4)c3)cn2)cc1.[Ir+3]. The number of rotatable bonds is 10. The van der Waals surface area contributed by atoms with Gasteiger partial charge in [0.15, 0.2) is 0 Å². The van der Waals surface area contributed by atoms with Crippen LogP contribution in [0.25, 0.3) is 45.0 Å². The van der Waals surface area contributed by atoms with Crippen LogP contribution in [0.5, 0.6) is 0 Å². The maximum atomic E-state index is 13.2. The molecule has 8 aromatic rings. The van der Waals surface area contributed by atoms with Crippen molar-refractivity contribution in [3.05, 3.63) is 211 Å². The normalized spacial score (nSPS) is 10.6. The average Bonchev–Trinajstić information content (AvgIpc) is 3.67. The van der Waals surface area contributed by atoms with E-state index in [0.717, 1.165) is 59.6 Å². The molecule has 0 spiro atoms. The third-order valence-electron chi connectivity index (χ3n) is 9.03. The first-order valence-electron chi connectivity index (χ1n) is 17.7. The first kappa shape index (κ1) is 37.9. The van der Waals surface area contributed by atoms with Gasteiger partial charge in [-0.3, -0.25) is 9.37 Å². The number of aromatic nitrogens is 4. The molecule has 0 saturated heterocycles. The molecule has 5 aromatic carbocycles. The minimum absolute atomic E-state index is 0. The third kappa shape index (κ3) is 10.2. The zero-order chi connectivity index (χ0) is 36.2. The maximum Gasteiger partial charge on any atom is 3.00 e. The van der Waals surface area contributed by atoms with Crippen molar-refractivity contribution in [2.24, 2.45) is 7.05 Å². The summed E-state index contributed by atoms with van der Waals surface area (Å²) in [6, 6.07) is 55.8. The van der Waals surface area contributed by atoms with Crippen LogP contribution in [0.2, 0.25) is 0 Å². The topological polar surface area (TPSA) is 43.6 Å². The second kappa shape index (κ2) is 18.8. The standard InChI is InChI=1S/C38H29FN2.C10H9N2.Ir/c39-36-20-18-34(19-21-36)38-22-15-29(27-41-38)10-12-31-24-30(25-35(26-31)32-6-2-1-3-7-32)11-9-28-13-16-33(17-14-28)37-8-4-5-23-40-37;1-12-8-7-11-10(12)9-5-3-2-4-6-9;/h1-8,13-16,18,20-27H,9-12H2;2-5,7-8H,1H3;/q-2;-1;+3. The van der Waals surface area contributed by atoms with Gasteiger partial charge in [-0.15, -0.1) is 101 Å². The average molecular weight is 882 g/mol. The summed E-state index contributed by atoms with van der Waals surface area (Å²) in [5.41, 5.74) is 12.1. The van der Waals surface area contributed by atoms with Gasteiger partial charge in [0, 0.05) is 37.7 Å². The van der Waals surface area contributed by atoms with Crippen molar-refractivity contribution in [2.75, 3.05) is 0 Å². The summed E-state index contributed by atoms with van der Waals surface area (Å²) in [5, 5.41) is 0. The number of nitrogens with zero attached hydrogens (tertiary/aromatic N) is 4. The van der Waals surface area contributed by atoms with Gasteiger partial charge in [0.05, 0.1) is 5.82 Å². The molecule has 3 aromatic heterocycles. The molecular formula is C48H38FIrN4. The van der Waals surface area contributed by atoms with Crippen LogP contribution in [-0.4, -0.2) is 19.5 Å². The third-order valence-corrected chi connectivity index (χ3v) is 9.03. The summed E-state index contributed by atoms with van der Waals surface area (Å²) in [4.78, 5) is 13.3. The molecule has 0 fully saturated rings. The van der Waals surface area contributed by atoms with Crippen molar-refractivity contribution < 1.29 is 24.5 Å². The Hall–Kier alpha value is -5.81. The Balaban J connectivity index is 0.000000324. The van der Waals surface area contributed by atoms with Gasteiger partial charge in [-0.05, 0) is 64.5 Å². The molecule has 0 unspecified atom stereocenters. The van der Waals surface area contributed by atoms with E-state index in [1.54, 1.807) is 12.3 Å². The van der Waals surface area contributed by atoms with Crippen LogP contribution in [0, 0.1) is 24.0 Å². The quantitative estimate of drug-likeness (QED) is 0.129. The number of hydrogen-bond donors (Lipinski definition) is 0. The van der Waals surface area contributed by atoms with Gasteiger partial charge in [0.25, 0.3) is 0 Å². The molecule has 6 heteroatoms. The predicted molar refractivity (Wildman–Crippen MR) is 211 cm³/mol. The van der Waals surface area contributed by atoms with Gasteiger partial charge in [-0.2, -0.15) is 0 Å². The number of aryl methyl sites for hydroxylation is 5. The molecule has 0 bridgehead atoms. The van der Waals surface area contributed by atoms with Gasteiger partial charge < -0.3 is 14.5 Å². The molecule has 0 radical (unpaired) electrons. The Kier molecular flexibility index (Phi) is 13.2. The summed E-state index contributed by atoms with van der Waals surface area (Å²) in [5.74, 6) is 0.662. The van der Waals surface area contributed by atoms with Crippen LogP contribution in [-0.2, 0) is 52.8 Å². The molecular weight excluding hydrogens is 844 g/mol. The molecule has 266 valence electrons. The van der Waals surface area contributed by atoms with Crippen LogP contribution in [0.3, 0.4) is 0 Å². The number of hydrogen-bond acceptors (Lipinski definition) is 3. The second-order valence-electron chi connectivity index (χ2n) is 12.8. The molecule has 0 saturated carbocycles. The van der Waals surface area contributed by atoms with Crippen LogP contribution in [0.15, 0.2) is 164 Å². The van der Waals surface area contributed by atoms with E-state index in [-0.39, 0.29) is 25.9 Å². The fourth-order valence-electron chi connectivity index (χ4n) is 6.17. The van der Waals surface area contributed by atoms with Crippen LogP contribution in [0.4, 0.5) is 4.39 Å². The van der Waals surface area contributed by atoms with Crippen LogP contribution < -0.4 is 0 Å². The Bertz CT molecular complexity index is 2320. The van der Waals surface area contributed by atoms with Crippen molar-refractivity contribution in [1.82, 2.24) is 19.5 Å². The molecule has 0 amide bonds. The molecule has 8 rings (SSSR count). The summed E-state index contributed by atoms with van der Waals surface area (Å²) in [7, 11) is 1.98. The zero-order valence-electron chi connectivity index (χ0n) is 29.9. The summed E-state index contributed by atoms with van der Waals surface area (Å²) >= 11 is 0. The van der Waals surface area contributed by atoms with E-state index < -0.39 is 0 Å². The van der Waals surface area contributed by atoms with E-state index in [0.29, 0.717) is 0 Å². The molecule has 4 nitrogen and oxygen atoms in total. The molecule has 0 N–H and O–H groups in total. The van der Waals surface area contributed by atoms with Gasteiger partial charge >= 0.3 is 20.1 Å². The molecule has 0 aliphatic rings. The second-order valence-corrected chi connectivity index (χ2v) is 12.8. The van der Waals surface area contributed by atoms with Crippen molar-refractivity contribution in [3.63, 3.8) is 0 Å². The Labute approximate surface area is 330 Å². The molecule has 0 aliphatic heterocycles. The molecule has 0 aliphatic carbocycles. The summed E-state index contributed by atoms with van der Waals surface area (Å²) in [6.45, 7) is 0. The summed E-state index contributed by atoms with van der Waals surface area (Å²) < 4.78 is 15.2.